The van der Waals surface area contributed by atoms with Crippen LogP contribution in [0.25, 0.3) is 0 Å². The Labute approximate surface area is 155 Å². The molecule has 2 aliphatic heterocycles. The van der Waals surface area contributed by atoms with Crippen LogP contribution in [-0.4, -0.2) is 99.5 Å². The topological polar surface area (TPSA) is 186 Å². The van der Waals surface area contributed by atoms with Crippen LogP contribution in [0.2, 0.25) is 0 Å². The highest BCUT2D eigenvalue weighted by Crippen LogP contribution is 2.30. The van der Waals surface area contributed by atoms with Crippen LogP contribution >= 0.6 is 0 Å². The number of ether oxygens (including phenoxy) is 1. The van der Waals surface area contributed by atoms with Gasteiger partial charge in [0, 0.05) is 0 Å². The Balaban J connectivity index is 2.09. The molecule has 0 aliphatic carbocycles. The van der Waals surface area contributed by atoms with Gasteiger partial charge in [-0.1, -0.05) is 0 Å². The molecule has 2 heterocycles. The van der Waals surface area contributed by atoms with Crippen molar-refractivity contribution in [3.63, 3.8) is 0 Å². The molecule has 1 unspecified atom stereocenters. The third-order valence-electron chi connectivity index (χ3n) is 5.04. The third kappa shape index (κ3) is 4.51. The number of hydrogen-bond acceptors (Lipinski definition) is 11. The molecular weight excluding hydrogens is 364 g/mol. The molecule has 0 aromatic carbocycles. The molecule has 154 valence electrons. The molecule has 11 heteroatoms. The standard InChI is InChI=1S/C16H26N2O9/c19-6-10(21)13(23)14(24)11(7-20)27-15(25)16(26)8(3-5-18-16)12(22)9-2-1-4-17-9/h7-11,13-14,17-19,21,23-24,26H,1-6H2/t8?,9-,10+,11-,13-,14+,16+/m0/s1. The van der Waals surface area contributed by atoms with Crippen molar-refractivity contribution < 1.29 is 44.7 Å². The van der Waals surface area contributed by atoms with E-state index in [1.807, 2.05) is 0 Å². The molecule has 0 saturated carbocycles. The van der Waals surface area contributed by atoms with Gasteiger partial charge in [0.05, 0.1) is 18.6 Å². The lowest BCUT2D eigenvalue weighted by Gasteiger charge is -2.31. The van der Waals surface area contributed by atoms with Gasteiger partial charge >= 0.3 is 5.97 Å². The van der Waals surface area contributed by atoms with Gasteiger partial charge in [-0.25, -0.2) is 4.79 Å². The second kappa shape index (κ2) is 9.15. The van der Waals surface area contributed by atoms with E-state index < -0.39 is 54.7 Å². The van der Waals surface area contributed by atoms with Gasteiger partial charge in [0.15, 0.2) is 18.2 Å². The number of aliphatic hydroxyl groups excluding tert-OH is 4. The number of nitrogens with one attached hydrogen (secondary N) is 2. The zero-order chi connectivity index (χ0) is 20.2. The lowest BCUT2D eigenvalue weighted by molar-refractivity contribution is -0.191. The first-order chi connectivity index (χ1) is 12.8. The van der Waals surface area contributed by atoms with Crippen LogP contribution < -0.4 is 10.6 Å². The van der Waals surface area contributed by atoms with Gasteiger partial charge in [-0.15, -0.1) is 0 Å². The van der Waals surface area contributed by atoms with E-state index in [1.165, 1.54) is 0 Å². The molecule has 11 nitrogen and oxygen atoms in total. The number of ketones is 1. The fourth-order valence-corrected chi connectivity index (χ4v) is 3.39. The number of aliphatic hydroxyl groups is 5. The van der Waals surface area contributed by atoms with Crippen LogP contribution in [0.3, 0.4) is 0 Å². The van der Waals surface area contributed by atoms with E-state index in [-0.39, 0.29) is 25.0 Å². The Morgan fingerprint density at radius 1 is 1.19 bits per heavy atom. The number of rotatable bonds is 9. The molecule has 2 aliphatic rings. The summed E-state index contributed by atoms with van der Waals surface area (Å²) < 4.78 is 4.81. The van der Waals surface area contributed by atoms with Crippen molar-refractivity contribution in [2.24, 2.45) is 5.92 Å². The molecule has 2 saturated heterocycles. The molecule has 0 radical (unpaired) electrons. The predicted octanol–water partition coefficient (Wildman–Crippen LogP) is -4.21. The van der Waals surface area contributed by atoms with E-state index in [4.69, 9.17) is 9.84 Å². The van der Waals surface area contributed by atoms with Crippen molar-refractivity contribution in [3.05, 3.63) is 0 Å². The predicted molar refractivity (Wildman–Crippen MR) is 88.1 cm³/mol. The highest BCUT2D eigenvalue weighted by molar-refractivity contribution is 5.94. The summed E-state index contributed by atoms with van der Waals surface area (Å²) in [5, 5.41) is 53.9. The summed E-state index contributed by atoms with van der Waals surface area (Å²) in [7, 11) is 0. The van der Waals surface area contributed by atoms with Crippen molar-refractivity contribution >= 4 is 18.0 Å². The maximum atomic E-state index is 12.6. The zero-order valence-corrected chi connectivity index (χ0v) is 14.7. The van der Waals surface area contributed by atoms with Crippen molar-refractivity contribution in [1.82, 2.24) is 10.6 Å². The number of aldehydes is 1. The molecule has 0 bridgehead atoms. The molecule has 0 amide bonds. The number of esters is 1. The second-order valence-corrected chi connectivity index (χ2v) is 6.82. The fourth-order valence-electron chi connectivity index (χ4n) is 3.39. The normalized spacial score (nSPS) is 32.5. The maximum Gasteiger partial charge on any atom is 0.355 e. The Bertz CT molecular complexity index is 554. The smallest absolute Gasteiger partial charge is 0.355 e. The molecule has 2 rings (SSSR count). The van der Waals surface area contributed by atoms with Crippen LogP contribution in [0.1, 0.15) is 19.3 Å². The van der Waals surface area contributed by atoms with Crippen LogP contribution in [0.4, 0.5) is 0 Å². The fraction of sp³-hybridized carbons (Fsp3) is 0.812. The zero-order valence-electron chi connectivity index (χ0n) is 14.7. The molecule has 7 atom stereocenters. The molecule has 7 N–H and O–H groups in total. The van der Waals surface area contributed by atoms with E-state index in [0.717, 1.165) is 6.42 Å². The van der Waals surface area contributed by atoms with Crippen molar-refractivity contribution in [2.75, 3.05) is 19.7 Å². The molecule has 0 aromatic rings. The van der Waals surface area contributed by atoms with Gasteiger partial charge in [0.1, 0.15) is 18.3 Å². The van der Waals surface area contributed by atoms with Crippen LogP contribution in [0, 0.1) is 5.92 Å². The molecule has 2 fully saturated rings. The Kier molecular flexibility index (Phi) is 7.40. The van der Waals surface area contributed by atoms with Gasteiger partial charge < -0.3 is 35.6 Å². The first-order valence-corrected chi connectivity index (χ1v) is 8.82. The lowest BCUT2D eigenvalue weighted by Crippen LogP contribution is -2.59. The Morgan fingerprint density at radius 3 is 2.44 bits per heavy atom. The van der Waals surface area contributed by atoms with Gasteiger partial charge in [-0.3, -0.25) is 14.9 Å². The highest BCUT2D eigenvalue weighted by atomic mass is 16.6. The van der Waals surface area contributed by atoms with Crippen LogP contribution in [0.5, 0.6) is 0 Å². The third-order valence-corrected chi connectivity index (χ3v) is 5.04. The molecule has 0 spiro atoms. The lowest BCUT2D eigenvalue weighted by atomic mass is 9.88. The van der Waals surface area contributed by atoms with Gasteiger partial charge in [-0.05, 0) is 32.4 Å². The Hall–Kier alpha value is -1.47. The van der Waals surface area contributed by atoms with E-state index >= 15 is 0 Å². The SMILES string of the molecule is O=C[C@H](OC(=O)[C@@]1(O)NCCC1C(=O)[C@@H]1CCCN1)[C@@H](O)[C@@H](O)[C@H](O)CO. The first kappa shape index (κ1) is 21.8. The summed E-state index contributed by atoms with van der Waals surface area (Å²) >= 11 is 0. The van der Waals surface area contributed by atoms with E-state index in [0.29, 0.717) is 13.0 Å². The van der Waals surface area contributed by atoms with Crippen LogP contribution in [0.15, 0.2) is 0 Å². The average molecular weight is 390 g/mol. The van der Waals surface area contributed by atoms with E-state index in [1.54, 1.807) is 0 Å². The molecule has 27 heavy (non-hydrogen) atoms. The summed E-state index contributed by atoms with van der Waals surface area (Å²) in [5.41, 5.74) is -2.37. The second-order valence-electron chi connectivity index (χ2n) is 6.82. The van der Waals surface area contributed by atoms with Crippen molar-refractivity contribution in [3.8, 4) is 0 Å². The van der Waals surface area contributed by atoms with Crippen LogP contribution in [-0.2, 0) is 19.1 Å². The summed E-state index contributed by atoms with van der Waals surface area (Å²) in [5.74, 6) is -2.80. The minimum Gasteiger partial charge on any atom is -0.449 e. The van der Waals surface area contributed by atoms with Gasteiger partial charge in [-0.2, -0.15) is 0 Å². The average Bonchev–Trinajstić information content (AvgIpc) is 3.34. The summed E-state index contributed by atoms with van der Waals surface area (Å²) in [6, 6.07) is -0.483. The monoisotopic (exact) mass is 390 g/mol. The number of hydrogen-bond donors (Lipinski definition) is 7. The van der Waals surface area contributed by atoms with Crippen molar-refractivity contribution in [1.29, 1.82) is 0 Å². The molecule has 0 aromatic heterocycles. The minimum atomic E-state index is -2.37. The molecular formula is C16H26N2O9. The van der Waals surface area contributed by atoms with E-state index in [2.05, 4.69) is 10.6 Å². The first-order valence-electron chi connectivity index (χ1n) is 8.82. The quantitative estimate of drug-likeness (QED) is 0.149. The van der Waals surface area contributed by atoms with Crippen molar-refractivity contribution in [2.45, 2.75) is 55.4 Å². The largest absolute Gasteiger partial charge is 0.449 e. The Morgan fingerprint density at radius 2 is 1.89 bits per heavy atom. The maximum absolute atomic E-state index is 12.6. The number of carbonyl (C=O) groups excluding carboxylic acids is 3. The highest BCUT2D eigenvalue weighted by Gasteiger charge is 2.54. The number of Topliss-reactive ketones (excluding diaryl/α,β-unsaturated/α-hetero) is 1. The van der Waals surface area contributed by atoms with Gasteiger partial charge in [0.2, 0.25) is 5.72 Å². The summed E-state index contributed by atoms with van der Waals surface area (Å²) in [6.45, 7) is -0.0764. The van der Waals surface area contributed by atoms with Gasteiger partial charge in [0.25, 0.3) is 0 Å². The van der Waals surface area contributed by atoms with E-state index in [9.17, 15) is 34.8 Å². The summed E-state index contributed by atoms with van der Waals surface area (Å²) in [4.78, 5) is 36.2. The summed E-state index contributed by atoms with van der Waals surface area (Å²) in [6.07, 6.45) is -6.11. The minimum absolute atomic E-state index is 0.0174. The number of carbonyl (C=O) groups is 3.